The first-order valence-corrected chi connectivity index (χ1v) is 13.2. The number of benzene rings is 1. The zero-order valence-corrected chi connectivity index (χ0v) is 23.4. The molecular weight excluding hydrogens is 559 g/mol. The molecule has 226 valence electrons. The van der Waals surface area contributed by atoms with Gasteiger partial charge in [-0.2, -0.15) is 8.78 Å². The highest BCUT2D eigenvalue weighted by Crippen LogP contribution is 2.53. The van der Waals surface area contributed by atoms with Crippen LogP contribution >= 0.6 is 0 Å². The molecule has 3 aliphatic carbocycles. The second kappa shape index (κ2) is 11.0. The molecule has 0 unspecified atom stereocenters. The summed E-state index contributed by atoms with van der Waals surface area (Å²) in [6.07, 6.45) is -1.41. The number of Topliss-reactive ketones (excluding diaryl/α,β-unsaturated/α-hetero) is 2. The van der Waals surface area contributed by atoms with E-state index in [2.05, 4.69) is 5.32 Å². The number of nitrogens with two attached hydrogens (primary N) is 1. The van der Waals surface area contributed by atoms with E-state index in [4.69, 9.17) is 5.73 Å². The van der Waals surface area contributed by atoms with Crippen LogP contribution < -0.4 is 11.1 Å². The number of hydrogen-bond acceptors (Lipinski definition) is 9. The van der Waals surface area contributed by atoms with Gasteiger partial charge in [-0.15, -0.1) is 0 Å². The van der Waals surface area contributed by atoms with Crippen molar-refractivity contribution in [1.29, 1.82) is 0 Å². The largest absolute Gasteiger partial charge is 0.510 e. The normalized spacial score (nSPS) is 25.8. The van der Waals surface area contributed by atoms with Crippen molar-refractivity contribution in [3.63, 3.8) is 0 Å². The lowest BCUT2D eigenvalue weighted by Crippen LogP contribution is -2.63. The fourth-order valence-electron chi connectivity index (χ4n) is 6.30. The van der Waals surface area contributed by atoms with Crippen molar-refractivity contribution in [1.82, 2.24) is 10.2 Å². The molecule has 3 aliphatic rings. The number of hydrogen-bond donors (Lipinski definition) is 6. The molecule has 10 nitrogen and oxygen atoms in total. The standard InChI is InChI=1S/C29H32F3N3O7/c1-5-11(2)9-34-10-13-7-15(20(30)27(31)32)14-6-12-8-16-21(35(3)4)24(38)19(28(33)41)26(40)29(16,42)25(39)17(12)23(37)18(14)22(13)36/h5,7,12,16,21,34,36,38-39,42H,6,8-10H2,1-4H3,(H2,33,41)/b11-5+/t12-,16-,21-,29-/m0/s1. The Kier molecular flexibility index (Phi) is 8.15. The molecule has 7 N–H and O–H groups in total. The van der Waals surface area contributed by atoms with E-state index < -0.39 is 92.4 Å². The molecule has 0 bridgehead atoms. The second-order valence-electron chi connectivity index (χ2n) is 11.1. The van der Waals surface area contributed by atoms with Crippen LogP contribution in [0.25, 0.3) is 5.83 Å². The number of rotatable bonds is 7. The van der Waals surface area contributed by atoms with Gasteiger partial charge in [-0.05, 0) is 58.3 Å². The number of phenolic OH excluding ortho intramolecular Hbond substituents is 1. The molecule has 0 aromatic heterocycles. The molecule has 13 heteroatoms. The third-order valence-corrected chi connectivity index (χ3v) is 8.42. The average Bonchev–Trinajstić information content (AvgIpc) is 2.90. The number of amides is 1. The quantitative estimate of drug-likeness (QED) is 0.206. The van der Waals surface area contributed by atoms with E-state index in [9.17, 15) is 48.0 Å². The number of nitrogens with one attached hydrogen (secondary N) is 1. The number of halogens is 3. The van der Waals surface area contributed by atoms with Gasteiger partial charge >= 0.3 is 6.08 Å². The molecule has 1 aromatic rings. The maximum absolute atomic E-state index is 14.9. The zero-order chi connectivity index (χ0) is 31.4. The van der Waals surface area contributed by atoms with E-state index in [1.807, 2.05) is 13.0 Å². The zero-order valence-electron chi connectivity index (χ0n) is 23.4. The predicted molar refractivity (Wildman–Crippen MR) is 145 cm³/mol. The molecule has 1 amide bonds. The number of aromatic hydroxyl groups is 1. The van der Waals surface area contributed by atoms with Crippen molar-refractivity contribution in [3.05, 3.63) is 68.7 Å². The SMILES string of the molecule is C/C=C(\C)CNCc1cc(C(F)=C(F)F)c2c(c1O)C(=O)C1=C(O)[C@]3(O)C(=O)C(C(N)=O)=C(O)[C@@H](N(C)C)[C@@H]3C[C@@H]1C2. The first-order chi connectivity index (χ1) is 19.6. The lowest BCUT2D eigenvalue weighted by Gasteiger charge is -2.50. The number of aliphatic hydroxyl groups is 3. The van der Waals surface area contributed by atoms with E-state index >= 15 is 0 Å². The van der Waals surface area contributed by atoms with Crippen LogP contribution in [0.5, 0.6) is 5.75 Å². The number of nitrogens with zero attached hydrogens (tertiary/aromatic N) is 1. The number of aliphatic hydroxyl groups excluding tert-OH is 2. The summed E-state index contributed by atoms with van der Waals surface area (Å²) in [5.41, 5.74) is 0.469. The van der Waals surface area contributed by atoms with Gasteiger partial charge in [0.2, 0.25) is 5.78 Å². The van der Waals surface area contributed by atoms with E-state index in [1.165, 1.54) is 19.0 Å². The Bertz CT molecular complexity index is 1520. The maximum Gasteiger partial charge on any atom is 0.306 e. The fourth-order valence-corrected chi connectivity index (χ4v) is 6.30. The van der Waals surface area contributed by atoms with Crippen LogP contribution in [0.15, 0.2) is 46.5 Å². The van der Waals surface area contributed by atoms with Crippen molar-refractivity contribution in [3.8, 4) is 5.75 Å². The Morgan fingerprint density at radius 1 is 1.21 bits per heavy atom. The van der Waals surface area contributed by atoms with Crippen molar-refractivity contribution >= 4 is 23.3 Å². The number of ketones is 2. The molecule has 0 aliphatic heterocycles. The summed E-state index contributed by atoms with van der Waals surface area (Å²) in [5.74, 6) is -10.6. The van der Waals surface area contributed by atoms with Gasteiger partial charge in [0.25, 0.3) is 5.91 Å². The average molecular weight is 592 g/mol. The van der Waals surface area contributed by atoms with Crippen molar-refractivity contribution in [2.45, 2.75) is 44.9 Å². The summed E-state index contributed by atoms with van der Waals surface area (Å²) in [4.78, 5) is 40.8. The minimum absolute atomic E-state index is 0.0753. The Labute approximate surface area is 239 Å². The number of fused-ring (bicyclic) bond motifs is 3. The van der Waals surface area contributed by atoms with Crippen LogP contribution in [0.2, 0.25) is 0 Å². The highest BCUT2D eigenvalue weighted by Gasteiger charge is 2.63. The lowest BCUT2D eigenvalue weighted by atomic mass is 9.58. The number of phenols is 1. The Hall–Kier alpha value is -3.94. The van der Waals surface area contributed by atoms with Crippen LogP contribution in [0, 0.1) is 11.8 Å². The molecule has 0 heterocycles. The number of allylic oxidation sites excluding steroid dienone is 2. The lowest BCUT2D eigenvalue weighted by molar-refractivity contribution is -0.148. The molecule has 0 saturated carbocycles. The van der Waals surface area contributed by atoms with Crippen LogP contribution in [-0.2, 0) is 22.6 Å². The second-order valence-corrected chi connectivity index (χ2v) is 11.1. The number of likely N-dealkylation sites (N-methyl/N-ethyl adjacent to an activating group) is 1. The minimum Gasteiger partial charge on any atom is -0.510 e. The van der Waals surface area contributed by atoms with Gasteiger partial charge in [0.1, 0.15) is 22.8 Å². The molecule has 1 aromatic carbocycles. The van der Waals surface area contributed by atoms with Crippen LogP contribution in [0.1, 0.15) is 47.3 Å². The summed E-state index contributed by atoms with van der Waals surface area (Å²) < 4.78 is 42.0. The Morgan fingerprint density at radius 2 is 1.86 bits per heavy atom. The number of primary amides is 1. The van der Waals surface area contributed by atoms with E-state index in [-0.39, 0.29) is 30.5 Å². The Morgan fingerprint density at radius 3 is 2.40 bits per heavy atom. The van der Waals surface area contributed by atoms with E-state index in [0.717, 1.165) is 11.6 Å². The smallest absolute Gasteiger partial charge is 0.306 e. The van der Waals surface area contributed by atoms with Crippen molar-refractivity contribution in [2.24, 2.45) is 17.6 Å². The molecule has 4 rings (SSSR count). The first kappa shape index (κ1) is 31.0. The van der Waals surface area contributed by atoms with Crippen LogP contribution in [0.3, 0.4) is 0 Å². The van der Waals surface area contributed by atoms with Gasteiger partial charge in [0, 0.05) is 35.7 Å². The molecule has 0 spiro atoms. The van der Waals surface area contributed by atoms with Gasteiger partial charge in [0.05, 0.1) is 11.6 Å². The monoisotopic (exact) mass is 591 g/mol. The van der Waals surface area contributed by atoms with Gasteiger partial charge in [-0.25, -0.2) is 4.39 Å². The Balaban J connectivity index is 1.94. The summed E-state index contributed by atoms with van der Waals surface area (Å²) in [6.45, 7) is 3.82. The van der Waals surface area contributed by atoms with Crippen molar-refractivity contribution in [2.75, 3.05) is 20.6 Å². The van der Waals surface area contributed by atoms with Gasteiger partial charge < -0.3 is 31.5 Å². The minimum atomic E-state index is -2.86. The first-order valence-electron chi connectivity index (χ1n) is 13.2. The van der Waals surface area contributed by atoms with Crippen molar-refractivity contribution < 1.29 is 48.0 Å². The molecule has 4 atom stereocenters. The summed E-state index contributed by atoms with van der Waals surface area (Å²) in [7, 11) is 2.95. The van der Waals surface area contributed by atoms with Gasteiger partial charge in [0.15, 0.2) is 17.2 Å². The van der Waals surface area contributed by atoms with Gasteiger partial charge in [-0.3, -0.25) is 19.3 Å². The molecular formula is C29H32F3N3O7. The maximum atomic E-state index is 14.9. The van der Waals surface area contributed by atoms with Gasteiger partial charge in [-0.1, -0.05) is 11.6 Å². The summed E-state index contributed by atoms with van der Waals surface area (Å²) in [6, 6.07) is -0.195. The summed E-state index contributed by atoms with van der Waals surface area (Å²) in [5, 5.41) is 48.0. The molecule has 0 radical (unpaired) electrons. The topological polar surface area (TPSA) is 173 Å². The van der Waals surface area contributed by atoms with E-state index in [1.54, 1.807) is 6.92 Å². The van der Waals surface area contributed by atoms with Crippen LogP contribution in [0.4, 0.5) is 13.2 Å². The number of carbonyl (C=O) groups is 3. The third kappa shape index (κ3) is 4.61. The highest BCUT2D eigenvalue weighted by atomic mass is 19.3. The molecule has 0 saturated heterocycles. The molecule has 0 fully saturated rings. The highest BCUT2D eigenvalue weighted by molar-refractivity contribution is 6.24. The third-order valence-electron chi connectivity index (χ3n) is 8.42. The fraction of sp³-hybridized carbons (Fsp3) is 0.414. The molecule has 42 heavy (non-hydrogen) atoms. The van der Waals surface area contributed by atoms with Crippen LogP contribution in [-0.4, -0.2) is 75.1 Å². The predicted octanol–water partition coefficient (Wildman–Crippen LogP) is 2.71. The summed E-state index contributed by atoms with van der Waals surface area (Å²) >= 11 is 0. The number of carbonyl (C=O) groups excluding carboxylic acids is 3. The van der Waals surface area contributed by atoms with E-state index in [0.29, 0.717) is 6.54 Å².